The molecule has 1 aromatic carbocycles. The fourth-order valence-electron chi connectivity index (χ4n) is 4.94. The van der Waals surface area contributed by atoms with Gasteiger partial charge >= 0.3 is 0 Å². The van der Waals surface area contributed by atoms with Crippen molar-refractivity contribution in [2.24, 2.45) is 0 Å². The van der Waals surface area contributed by atoms with Crippen molar-refractivity contribution < 1.29 is 9.53 Å². The molecule has 1 amide bonds. The molecular formula is C26H30ClN5O2. The molecule has 0 bridgehead atoms. The summed E-state index contributed by atoms with van der Waals surface area (Å²) in [5, 5.41) is 4.14. The molecule has 4 heterocycles. The molecule has 0 spiro atoms. The molecule has 0 aliphatic carbocycles. The summed E-state index contributed by atoms with van der Waals surface area (Å²) in [4.78, 5) is 24.8. The Kier molecular flexibility index (Phi) is 6.57. The normalized spacial score (nSPS) is 17.5. The van der Waals surface area contributed by atoms with E-state index in [1.807, 2.05) is 59.1 Å². The summed E-state index contributed by atoms with van der Waals surface area (Å²) >= 11 is 6.23. The van der Waals surface area contributed by atoms with E-state index in [1.54, 1.807) is 0 Å². The number of fused-ring (bicyclic) bond motifs is 1. The van der Waals surface area contributed by atoms with Gasteiger partial charge in [-0.2, -0.15) is 0 Å². The maximum absolute atomic E-state index is 13.5. The maximum Gasteiger partial charge on any atom is 0.271 e. The van der Waals surface area contributed by atoms with E-state index in [1.165, 1.54) is 0 Å². The van der Waals surface area contributed by atoms with Crippen LogP contribution in [0.2, 0.25) is 5.02 Å². The van der Waals surface area contributed by atoms with Gasteiger partial charge in [0.2, 0.25) is 5.95 Å². The first kappa shape index (κ1) is 22.9. The third-order valence-corrected chi connectivity index (χ3v) is 6.99. The van der Waals surface area contributed by atoms with Crippen LogP contribution in [-0.4, -0.2) is 51.1 Å². The number of anilines is 1. The largest absolute Gasteiger partial charge is 0.381 e. The van der Waals surface area contributed by atoms with E-state index >= 15 is 0 Å². The van der Waals surface area contributed by atoms with Crippen molar-refractivity contribution in [2.75, 3.05) is 25.1 Å². The standard InChI is InChI=1S/C26H30ClN5O2/c1-3-22(18-5-4-6-20(27)13-18)32-10-9-31-16-19(14-23(31)25(32)33)24-17(2)15-28-26(30-24)29-21-7-11-34-12-8-21/h4-6,13-16,21-22H,3,7-12H2,1-2H3,(H,28,29,30)/t22-/m1/s1. The number of nitrogens with one attached hydrogen (secondary N) is 1. The van der Waals surface area contributed by atoms with Gasteiger partial charge in [0.25, 0.3) is 5.91 Å². The number of benzene rings is 1. The van der Waals surface area contributed by atoms with E-state index in [4.69, 9.17) is 21.3 Å². The molecule has 2 aromatic heterocycles. The van der Waals surface area contributed by atoms with Gasteiger partial charge in [0.05, 0.1) is 11.7 Å². The molecule has 7 nitrogen and oxygen atoms in total. The molecule has 0 saturated carbocycles. The van der Waals surface area contributed by atoms with Crippen LogP contribution in [0, 0.1) is 6.92 Å². The zero-order chi connectivity index (χ0) is 23.7. The van der Waals surface area contributed by atoms with E-state index in [-0.39, 0.29) is 11.9 Å². The highest BCUT2D eigenvalue weighted by Gasteiger charge is 2.31. The van der Waals surface area contributed by atoms with E-state index in [0.29, 0.717) is 29.3 Å². The van der Waals surface area contributed by atoms with Gasteiger partial charge in [-0.3, -0.25) is 4.79 Å². The Labute approximate surface area is 205 Å². The molecule has 0 radical (unpaired) electrons. The number of ether oxygens (including phenoxy) is 1. The number of hydrogen-bond donors (Lipinski definition) is 1. The van der Waals surface area contributed by atoms with Gasteiger partial charge < -0.3 is 19.5 Å². The number of rotatable bonds is 6. The third kappa shape index (κ3) is 4.55. The van der Waals surface area contributed by atoms with Crippen LogP contribution in [0.4, 0.5) is 5.95 Å². The van der Waals surface area contributed by atoms with Crippen molar-refractivity contribution in [3.63, 3.8) is 0 Å². The number of aryl methyl sites for hydroxylation is 1. The van der Waals surface area contributed by atoms with Crippen LogP contribution >= 0.6 is 11.6 Å². The molecule has 0 unspecified atom stereocenters. The number of hydrogen-bond acceptors (Lipinski definition) is 5. The Hall–Kier alpha value is -2.90. The first-order valence-corrected chi connectivity index (χ1v) is 12.4. The molecule has 8 heteroatoms. The van der Waals surface area contributed by atoms with E-state index in [2.05, 4.69) is 17.2 Å². The predicted octanol–water partition coefficient (Wildman–Crippen LogP) is 5.10. The lowest BCUT2D eigenvalue weighted by atomic mass is 10.0. The Morgan fingerprint density at radius 2 is 2.06 bits per heavy atom. The van der Waals surface area contributed by atoms with E-state index in [9.17, 15) is 4.79 Å². The summed E-state index contributed by atoms with van der Waals surface area (Å²) in [6.07, 6.45) is 6.61. The van der Waals surface area contributed by atoms with Gasteiger partial charge in [0, 0.05) is 55.3 Å². The molecule has 1 atom stereocenters. The van der Waals surface area contributed by atoms with Gasteiger partial charge in [0.15, 0.2) is 0 Å². The maximum atomic E-state index is 13.5. The second kappa shape index (κ2) is 9.76. The number of carbonyl (C=O) groups excluding carboxylic acids is 1. The van der Waals surface area contributed by atoms with Crippen molar-refractivity contribution in [3.8, 4) is 11.3 Å². The van der Waals surface area contributed by atoms with Gasteiger partial charge in [-0.15, -0.1) is 0 Å². The number of carbonyl (C=O) groups is 1. The lowest BCUT2D eigenvalue weighted by Crippen LogP contribution is -2.42. The van der Waals surface area contributed by atoms with Crippen molar-refractivity contribution >= 4 is 23.5 Å². The fourth-order valence-corrected chi connectivity index (χ4v) is 5.14. The lowest BCUT2D eigenvalue weighted by molar-refractivity contribution is 0.0610. The molecule has 1 fully saturated rings. The van der Waals surface area contributed by atoms with Crippen molar-refractivity contribution in [3.05, 3.63) is 64.6 Å². The molecular weight excluding hydrogens is 450 g/mol. The minimum atomic E-state index is -0.00522. The summed E-state index contributed by atoms with van der Waals surface area (Å²) in [7, 11) is 0. The van der Waals surface area contributed by atoms with Crippen LogP contribution in [0.1, 0.15) is 53.8 Å². The average molecular weight is 480 g/mol. The second-order valence-electron chi connectivity index (χ2n) is 9.04. The fraction of sp³-hybridized carbons (Fsp3) is 0.423. The van der Waals surface area contributed by atoms with Crippen LogP contribution in [0.5, 0.6) is 0 Å². The van der Waals surface area contributed by atoms with Crippen LogP contribution < -0.4 is 5.32 Å². The Bertz CT molecular complexity index is 1190. The minimum absolute atomic E-state index is 0.00522. The highest BCUT2D eigenvalue weighted by atomic mass is 35.5. The van der Waals surface area contributed by atoms with Gasteiger partial charge in [0.1, 0.15) is 5.69 Å². The molecule has 5 rings (SSSR count). The SMILES string of the molecule is CC[C@H](c1cccc(Cl)c1)N1CCn2cc(-c3nc(NC4CCOCC4)ncc3C)cc2C1=O. The number of nitrogens with zero attached hydrogens (tertiary/aromatic N) is 4. The smallest absolute Gasteiger partial charge is 0.271 e. The summed E-state index contributed by atoms with van der Waals surface area (Å²) in [6.45, 7) is 7.03. The minimum Gasteiger partial charge on any atom is -0.381 e. The molecule has 34 heavy (non-hydrogen) atoms. The zero-order valence-corrected chi connectivity index (χ0v) is 20.4. The number of amides is 1. The topological polar surface area (TPSA) is 72.3 Å². The number of aromatic nitrogens is 3. The summed E-state index contributed by atoms with van der Waals surface area (Å²) in [5.41, 5.74) is 4.54. The Morgan fingerprint density at radius 3 is 2.82 bits per heavy atom. The quantitative estimate of drug-likeness (QED) is 0.532. The van der Waals surface area contributed by atoms with E-state index < -0.39 is 0 Å². The average Bonchev–Trinajstić information content (AvgIpc) is 3.28. The van der Waals surface area contributed by atoms with Crippen LogP contribution in [0.3, 0.4) is 0 Å². The summed E-state index contributed by atoms with van der Waals surface area (Å²) < 4.78 is 7.50. The summed E-state index contributed by atoms with van der Waals surface area (Å²) in [5.74, 6) is 0.660. The molecule has 3 aromatic rings. The lowest BCUT2D eigenvalue weighted by Gasteiger charge is -2.35. The van der Waals surface area contributed by atoms with Crippen LogP contribution in [-0.2, 0) is 11.3 Å². The van der Waals surface area contributed by atoms with E-state index in [0.717, 1.165) is 61.4 Å². The van der Waals surface area contributed by atoms with Crippen LogP contribution in [0.25, 0.3) is 11.3 Å². The first-order valence-electron chi connectivity index (χ1n) is 12.0. The monoisotopic (exact) mass is 479 g/mol. The predicted molar refractivity (Wildman–Crippen MR) is 133 cm³/mol. The van der Waals surface area contributed by atoms with Gasteiger partial charge in [-0.25, -0.2) is 9.97 Å². The molecule has 1 N–H and O–H groups in total. The van der Waals surface area contributed by atoms with Gasteiger partial charge in [-0.05, 0) is 55.5 Å². The number of halogens is 1. The third-order valence-electron chi connectivity index (χ3n) is 6.75. The Balaban J connectivity index is 1.41. The molecule has 178 valence electrons. The molecule has 2 aliphatic heterocycles. The van der Waals surface area contributed by atoms with Gasteiger partial charge in [-0.1, -0.05) is 30.7 Å². The summed E-state index contributed by atoms with van der Waals surface area (Å²) in [6, 6.07) is 10.1. The molecule has 1 saturated heterocycles. The van der Waals surface area contributed by atoms with Crippen LogP contribution in [0.15, 0.2) is 42.7 Å². The van der Waals surface area contributed by atoms with Crippen molar-refractivity contribution in [1.29, 1.82) is 0 Å². The highest BCUT2D eigenvalue weighted by molar-refractivity contribution is 6.30. The Morgan fingerprint density at radius 1 is 1.24 bits per heavy atom. The molecule has 2 aliphatic rings. The second-order valence-corrected chi connectivity index (χ2v) is 9.48. The highest BCUT2D eigenvalue weighted by Crippen LogP contribution is 2.32. The first-order chi connectivity index (χ1) is 16.5. The van der Waals surface area contributed by atoms with Crippen molar-refractivity contribution in [1.82, 2.24) is 19.4 Å². The zero-order valence-electron chi connectivity index (χ0n) is 19.6. The van der Waals surface area contributed by atoms with Crippen molar-refractivity contribution in [2.45, 2.75) is 51.7 Å².